The summed E-state index contributed by atoms with van der Waals surface area (Å²) in [6.45, 7) is 1.58. The second-order valence-corrected chi connectivity index (χ2v) is 3.05. The van der Waals surface area contributed by atoms with Crippen LogP contribution in [0.3, 0.4) is 0 Å². The Labute approximate surface area is 86.1 Å². The molecule has 0 radical (unpaired) electrons. The molecule has 0 aliphatic heterocycles. The maximum Gasteiger partial charge on any atom is 0.273 e. The molecule has 76 valence electrons. The zero-order chi connectivity index (χ0) is 11.4. The van der Waals surface area contributed by atoms with Crippen molar-refractivity contribution >= 4 is 12.0 Å². The number of rotatable bonds is 3. The third-order valence-corrected chi connectivity index (χ3v) is 2.05. The van der Waals surface area contributed by atoms with E-state index >= 15 is 0 Å². The number of nitro benzene ring substituents is 1. The lowest BCUT2D eigenvalue weighted by atomic mass is 10.0. The maximum atomic E-state index is 10.7. The molecule has 0 bridgehead atoms. The van der Waals surface area contributed by atoms with Crippen LogP contribution in [0.1, 0.15) is 21.5 Å². The van der Waals surface area contributed by atoms with Crippen molar-refractivity contribution in [3.05, 3.63) is 38.9 Å². The summed E-state index contributed by atoms with van der Waals surface area (Å²) in [4.78, 5) is 20.7. The van der Waals surface area contributed by atoms with Gasteiger partial charge in [0.15, 0.2) is 6.29 Å². The van der Waals surface area contributed by atoms with Gasteiger partial charge in [-0.2, -0.15) is 5.26 Å². The Morgan fingerprint density at radius 3 is 2.73 bits per heavy atom. The standard InChI is InChI=1S/C10H8N2O3/c1-7-4-8(2-3-11)9(6-13)5-10(7)12(14)15/h4-6H,2H2,1H3. The van der Waals surface area contributed by atoms with Crippen LogP contribution in [0.4, 0.5) is 5.69 Å². The number of nitro groups is 1. The molecule has 0 saturated heterocycles. The minimum atomic E-state index is -0.543. The Morgan fingerprint density at radius 1 is 1.60 bits per heavy atom. The molecule has 15 heavy (non-hydrogen) atoms. The highest BCUT2D eigenvalue weighted by molar-refractivity contribution is 5.79. The molecule has 1 aromatic carbocycles. The number of hydrogen-bond donors (Lipinski definition) is 0. The number of benzene rings is 1. The quantitative estimate of drug-likeness (QED) is 0.426. The lowest BCUT2D eigenvalue weighted by Crippen LogP contribution is -1.98. The molecule has 0 fully saturated rings. The number of hydrogen-bond acceptors (Lipinski definition) is 4. The summed E-state index contributed by atoms with van der Waals surface area (Å²) in [6, 6.07) is 4.61. The predicted octanol–water partition coefficient (Wildman–Crippen LogP) is 1.78. The van der Waals surface area contributed by atoms with E-state index in [1.807, 2.05) is 6.07 Å². The summed E-state index contributed by atoms with van der Waals surface area (Å²) in [6.07, 6.45) is 0.603. The van der Waals surface area contributed by atoms with Crippen molar-refractivity contribution in [2.75, 3.05) is 0 Å². The van der Waals surface area contributed by atoms with Crippen LogP contribution in [-0.2, 0) is 6.42 Å². The van der Waals surface area contributed by atoms with Gasteiger partial charge in [-0.05, 0) is 18.6 Å². The number of carbonyl (C=O) groups is 1. The lowest BCUT2D eigenvalue weighted by Gasteiger charge is -2.03. The van der Waals surface area contributed by atoms with E-state index in [4.69, 9.17) is 5.26 Å². The minimum absolute atomic E-state index is 0.0763. The van der Waals surface area contributed by atoms with Crippen molar-refractivity contribution in [1.29, 1.82) is 5.26 Å². The molecule has 5 heteroatoms. The van der Waals surface area contributed by atoms with E-state index in [9.17, 15) is 14.9 Å². The van der Waals surface area contributed by atoms with Gasteiger partial charge in [-0.15, -0.1) is 0 Å². The Morgan fingerprint density at radius 2 is 2.27 bits per heavy atom. The summed E-state index contributed by atoms with van der Waals surface area (Å²) in [5.41, 5.74) is 1.08. The number of nitrogens with zero attached hydrogens (tertiary/aromatic N) is 2. The first-order chi connectivity index (χ1) is 7.10. The normalized spacial score (nSPS) is 9.33. The number of aryl methyl sites for hydroxylation is 1. The number of nitriles is 1. The Balaban J connectivity index is 3.36. The maximum absolute atomic E-state index is 10.7. The van der Waals surface area contributed by atoms with E-state index in [2.05, 4.69) is 0 Å². The molecule has 1 aromatic rings. The van der Waals surface area contributed by atoms with Gasteiger partial charge in [0.05, 0.1) is 17.4 Å². The molecule has 0 unspecified atom stereocenters. The van der Waals surface area contributed by atoms with Gasteiger partial charge in [0.25, 0.3) is 5.69 Å². The van der Waals surface area contributed by atoms with Crippen LogP contribution in [0.2, 0.25) is 0 Å². The fourth-order valence-corrected chi connectivity index (χ4v) is 1.32. The summed E-state index contributed by atoms with van der Waals surface area (Å²) in [5, 5.41) is 19.1. The topological polar surface area (TPSA) is 84.0 Å². The van der Waals surface area contributed by atoms with Crippen LogP contribution < -0.4 is 0 Å². The molecule has 5 nitrogen and oxygen atoms in total. The molecule has 0 heterocycles. The first kappa shape index (κ1) is 10.9. The van der Waals surface area contributed by atoms with E-state index in [-0.39, 0.29) is 17.7 Å². The molecule has 0 saturated carbocycles. The predicted molar refractivity (Wildman–Crippen MR) is 52.5 cm³/mol. The lowest BCUT2D eigenvalue weighted by molar-refractivity contribution is -0.385. The summed E-state index contributed by atoms with van der Waals surface area (Å²) in [7, 11) is 0. The first-order valence-corrected chi connectivity index (χ1v) is 4.20. The van der Waals surface area contributed by atoms with Crippen molar-refractivity contribution in [2.24, 2.45) is 0 Å². The second-order valence-electron chi connectivity index (χ2n) is 3.05. The summed E-state index contributed by atoms with van der Waals surface area (Å²) >= 11 is 0. The SMILES string of the molecule is Cc1cc(CC#N)c(C=O)cc1[N+](=O)[O-]. The highest BCUT2D eigenvalue weighted by Gasteiger charge is 2.14. The van der Waals surface area contributed by atoms with Crippen LogP contribution >= 0.6 is 0 Å². The van der Waals surface area contributed by atoms with Gasteiger partial charge in [-0.3, -0.25) is 14.9 Å². The molecular weight excluding hydrogens is 196 g/mol. The largest absolute Gasteiger partial charge is 0.298 e. The molecule has 0 aromatic heterocycles. The van der Waals surface area contributed by atoms with Crippen molar-refractivity contribution < 1.29 is 9.72 Å². The Bertz CT molecular complexity index is 460. The van der Waals surface area contributed by atoms with E-state index in [0.29, 0.717) is 17.4 Å². The zero-order valence-electron chi connectivity index (χ0n) is 8.06. The van der Waals surface area contributed by atoms with Crippen LogP contribution in [0.15, 0.2) is 12.1 Å². The molecule has 0 amide bonds. The molecule has 0 aliphatic rings. The van der Waals surface area contributed by atoms with Gasteiger partial charge in [-0.1, -0.05) is 0 Å². The van der Waals surface area contributed by atoms with Gasteiger partial charge in [0.2, 0.25) is 0 Å². The van der Waals surface area contributed by atoms with Gasteiger partial charge in [0, 0.05) is 17.2 Å². The minimum Gasteiger partial charge on any atom is -0.298 e. The summed E-state index contributed by atoms with van der Waals surface area (Å²) < 4.78 is 0. The van der Waals surface area contributed by atoms with Gasteiger partial charge in [-0.25, -0.2) is 0 Å². The van der Waals surface area contributed by atoms with Crippen LogP contribution in [0.5, 0.6) is 0 Å². The Hall–Kier alpha value is -2.22. The molecule has 1 rings (SSSR count). The summed E-state index contributed by atoms with van der Waals surface area (Å²) in [5.74, 6) is 0. The van der Waals surface area contributed by atoms with Crippen LogP contribution in [0, 0.1) is 28.4 Å². The average Bonchev–Trinajstić information content (AvgIpc) is 2.18. The third-order valence-electron chi connectivity index (χ3n) is 2.05. The Kier molecular flexibility index (Phi) is 3.13. The molecule has 0 N–H and O–H groups in total. The molecule has 0 aliphatic carbocycles. The van der Waals surface area contributed by atoms with Gasteiger partial charge < -0.3 is 0 Å². The highest BCUT2D eigenvalue weighted by atomic mass is 16.6. The van der Waals surface area contributed by atoms with E-state index in [1.54, 1.807) is 6.92 Å². The van der Waals surface area contributed by atoms with Crippen LogP contribution in [0.25, 0.3) is 0 Å². The number of carbonyl (C=O) groups excluding carboxylic acids is 1. The van der Waals surface area contributed by atoms with E-state index in [1.165, 1.54) is 12.1 Å². The van der Waals surface area contributed by atoms with Crippen molar-refractivity contribution in [2.45, 2.75) is 13.3 Å². The number of aldehydes is 1. The third kappa shape index (κ3) is 2.17. The monoisotopic (exact) mass is 204 g/mol. The smallest absolute Gasteiger partial charge is 0.273 e. The molecule has 0 atom stereocenters. The van der Waals surface area contributed by atoms with Crippen LogP contribution in [-0.4, -0.2) is 11.2 Å². The average molecular weight is 204 g/mol. The fourth-order valence-electron chi connectivity index (χ4n) is 1.32. The highest BCUT2D eigenvalue weighted by Crippen LogP contribution is 2.22. The van der Waals surface area contributed by atoms with Crippen molar-refractivity contribution in [3.63, 3.8) is 0 Å². The molecule has 0 spiro atoms. The van der Waals surface area contributed by atoms with Crippen molar-refractivity contribution in [3.8, 4) is 6.07 Å². The first-order valence-electron chi connectivity index (χ1n) is 4.20. The van der Waals surface area contributed by atoms with Gasteiger partial charge >= 0.3 is 0 Å². The second kappa shape index (κ2) is 4.33. The fraction of sp³-hybridized carbons (Fsp3) is 0.200. The van der Waals surface area contributed by atoms with E-state index in [0.717, 1.165) is 0 Å². The van der Waals surface area contributed by atoms with E-state index < -0.39 is 4.92 Å². The molecular formula is C10H8N2O3. The van der Waals surface area contributed by atoms with Crippen molar-refractivity contribution in [1.82, 2.24) is 0 Å². The van der Waals surface area contributed by atoms with Gasteiger partial charge in [0.1, 0.15) is 0 Å². The zero-order valence-corrected chi connectivity index (χ0v) is 8.06.